The van der Waals surface area contributed by atoms with E-state index in [1.807, 2.05) is 18.4 Å². The SMILES string of the molecule is COC(=O)C(CCSC)NC(=O)c1ccc(N)cc1/C=C\C(C)(C)C. The molecule has 138 valence electrons. The Balaban J connectivity index is 3.07. The first-order chi connectivity index (χ1) is 11.7. The molecule has 5 nitrogen and oxygen atoms in total. The Hall–Kier alpha value is -1.95. The second kappa shape index (κ2) is 9.51. The van der Waals surface area contributed by atoms with Gasteiger partial charge in [0.05, 0.1) is 7.11 Å². The van der Waals surface area contributed by atoms with Crippen LogP contribution in [0.4, 0.5) is 5.69 Å². The Morgan fingerprint density at radius 1 is 1.36 bits per heavy atom. The van der Waals surface area contributed by atoms with E-state index in [-0.39, 0.29) is 11.3 Å². The molecular weight excluding hydrogens is 336 g/mol. The summed E-state index contributed by atoms with van der Waals surface area (Å²) in [7, 11) is 1.32. The lowest BCUT2D eigenvalue weighted by Crippen LogP contribution is -2.42. The van der Waals surface area contributed by atoms with Crippen LogP contribution in [0.25, 0.3) is 6.08 Å². The van der Waals surface area contributed by atoms with E-state index in [1.54, 1.807) is 30.0 Å². The molecule has 1 rings (SSSR count). The van der Waals surface area contributed by atoms with E-state index in [1.165, 1.54) is 7.11 Å². The molecule has 1 aromatic rings. The molecular formula is C19H28N2O3S. The standard InChI is InChI=1S/C19H28N2O3S/c1-19(2,3)10-8-13-12-14(20)6-7-15(13)17(22)21-16(9-11-25-5)18(23)24-4/h6-8,10,12,16H,9,11,20H2,1-5H3,(H,21,22)/b10-8-. The van der Waals surface area contributed by atoms with Crippen LogP contribution in [0.15, 0.2) is 24.3 Å². The fourth-order valence-corrected chi connectivity index (χ4v) is 2.60. The second-order valence-electron chi connectivity index (χ2n) is 6.88. The molecule has 25 heavy (non-hydrogen) atoms. The maximum Gasteiger partial charge on any atom is 0.328 e. The number of carbonyl (C=O) groups excluding carboxylic acids is 2. The highest BCUT2D eigenvalue weighted by Crippen LogP contribution is 2.21. The highest BCUT2D eigenvalue weighted by atomic mass is 32.2. The molecule has 1 unspecified atom stereocenters. The molecule has 0 aliphatic carbocycles. The van der Waals surface area contributed by atoms with E-state index in [0.717, 1.165) is 11.3 Å². The van der Waals surface area contributed by atoms with Crippen LogP contribution in [0.1, 0.15) is 43.1 Å². The quantitative estimate of drug-likeness (QED) is 0.573. The first kappa shape index (κ1) is 21.1. The first-order valence-electron chi connectivity index (χ1n) is 8.14. The number of nitrogens with two attached hydrogens (primary N) is 1. The van der Waals surface area contributed by atoms with Gasteiger partial charge >= 0.3 is 5.97 Å². The molecule has 0 bridgehead atoms. The van der Waals surface area contributed by atoms with Crippen molar-refractivity contribution in [1.29, 1.82) is 0 Å². The van der Waals surface area contributed by atoms with Crippen molar-refractivity contribution >= 4 is 35.4 Å². The van der Waals surface area contributed by atoms with Crippen molar-refractivity contribution in [2.45, 2.75) is 33.2 Å². The number of methoxy groups -OCH3 is 1. The molecule has 3 N–H and O–H groups in total. The summed E-state index contributed by atoms with van der Waals surface area (Å²) >= 11 is 1.61. The van der Waals surface area contributed by atoms with Gasteiger partial charge in [0.2, 0.25) is 0 Å². The van der Waals surface area contributed by atoms with Gasteiger partial charge in [-0.05, 0) is 47.6 Å². The second-order valence-corrected chi connectivity index (χ2v) is 7.86. The summed E-state index contributed by atoms with van der Waals surface area (Å²) in [6, 6.07) is 4.45. The number of rotatable bonds is 7. The minimum absolute atomic E-state index is 0.0226. The summed E-state index contributed by atoms with van der Waals surface area (Å²) in [6.07, 6.45) is 6.37. The van der Waals surface area contributed by atoms with E-state index in [4.69, 9.17) is 10.5 Å². The third kappa shape index (κ3) is 7.22. The summed E-state index contributed by atoms with van der Waals surface area (Å²) in [5.41, 5.74) is 7.62. The Morgan fingerprint density at radius 2 is 2.04 bits per heavy atom. The van der Waals surface area contributed by atoms with Crippen molar-refractivity contribution in [1.82, 2.24) is 5.32 Å². The summed E-state index contributed by atoms with van der Waals surface area (Å²) in [4.78, 5) is 24.6. The van der Waals surface area contributed by atoms with Crippen LogP contribution in [0.5, 0.6) is 0 Å². The Kier molecular flexibility index (Phi) is 8.03. The van der Waals surface area contributed by atoms with Crippen molar-refractivity contribution in [2.24, 2.45) is 5.41 Å². The van der Waals surface area contributed by atoms with Gasteiger partial charge in [-0.2, -0.15) is 11.8 Å². The van der Waals surface area contributed by atoms with Crippen LogP contribution in [0, 0.1) is 5.41 Å². The largest absolute Gasteiger partial charge is 0.467 e. The summed E-state index contributed by atoms with van der Waals surface area (Å²) in [6.45, 7) is 6.22. The van der Waals surface area contributed by atoms with Crippen LogP contribution in [-0.2, 0) is 9.53 Å². The molecule has 0 spiro atoms. The number of benzene rings is 1. The molecule has 1 aromatic carbocycles. The van der Waals surface area contributed by atoms with Crippen LogP contribution in [0.2, 0.25) is 0 Å². The Bertz CT molecular complexity index is 636. The van der Waals surface area contributed by atoms with Crippen LogP contribution in [-0.4, -0.2) is 37.0 Å². The molecule has 6 heteroatoms. The van der Waals surface area contributed by atoms with Gasteiger partial charge in [0, 0.05) is 11.3 Å². The smallest absolute Gasteiger partial charge is 0.328 e. The monoisotopic (exact) mass is 364 g/mol. The molecule has 1 atom stereocenters. The van der Waals surface area contributed by atoms with Crippen molar-refractivity contribution in [3.8, 4) is 0 Å². The van der Waals surface area contributed by atoms with E-state index < -0.39 is 12.0 Å². The third-order valence-corrected chi connectivity index (χ3v) is 4.13. The van der Waals surface area contributed by atoms with E-state index in [2.05, 4.69) is 26.1 Å². The van der Waals surface area contributed by atoms with Crippen molar-refractivity contribution in [3.05, 3.63) is 35.4 Å². The molecule has 0 heterocycles. The number of anilines is 1. The highest BCUT2D eigenvalue weighted by molar-refractivity contribution is 7.98. The number of hydrogen-bond acceptors (Lipinski definition) is 5. The maximum absolute atomic E-state index is 12.7. The lowest BCUT2D eigenvalue weighted by atomic mass is 9.94. The Morgan fingerprint density at radius 3 is 2.60 bits per heavy atom. The highest BCUT2D eigenvalue weighted by Gasteiger charge is 2.22. The average Bonchev–Trinajstić information content (AvgIpc) is 2.55. The van der Waals surface area contributed by atoms with Gasteiger partial charge in [0.25, 0.3) is 5.91 Å². The summed E-state index contributed by atoms with van der Waals surface area (Å²) in [5, 5.41) is 2.77. The Labute approximate surface area is 154 Å². The van der Waals surface area contributed by atoms with Crippen molar-refractivity contribution in [3.63, 3.8) is 0 Å². The van der Waals surface area contributed by atoms with E-state index in [0.29, 0.717) is 17.7 Å². The first-order valence-corrected chi connectivity index (χ1v) is 9.53. The van der Waals surface area contributed by atoms with E-state index >= 15 is 0 Å². The summed E-state index contributed by atoms with van der Waals surface area (Å²) in [5.74, 6) is -0.00634. The molecule has 0 aromatic heterocycles. The normalized spacial score (nSPS) is 12.8. The number of thioether (sulfide) groups is 1. The predicted octanol–water partition coefficient (Wildman–Crippen LogP) is 3.35. The molecule has 0 aliphatic heterocycles. The number of carbonyl (C=O) groups is 2. The number of esters is 1. The zero-order chi connectivity index (χ0) is 19.0. The average molecular weight is 365 g/mol. The molecule has 0 radical (unpaired) electrons. The fraction of sp³-hybridized carbons (Fsp3) is 0.474. The maximum atomic E-state index is 12.7. The van der Waals surface area contributed by atoms with E-state index in [9.17, 15) is 9.59 Å². The van der Waals surface area contributed by atoms with Crippen molar-refractivity contribution in [2.75, 3.05) is 24.9 Å². The minimum Gasteiger partial charge on any atom is -0.467 e. The van der Waals surface area contributed by atoms with Gasteiger partial charge in [-0.25, -0.2) is 4.79 Å². The summed E-state index contributed by atoms with van der Waals surface area (Å²) < 4.78 is 4.79. The van der Waals surface area contributed by atoms with Gasteiger partial charge in [0.1, 0.15) is 6.04 Å². The van der Waals surface area contributed by atoms with Gasteiger partial charge in [-0.3, -0.25) is 4.79 Å². The number of allylic oxidation sites excluding steroid dienone is 1. The molecule has 0 saturated carbocycles. The van der Waals surface area contributed by atoms with Crippen LogP contribution in [0.3, 0.4) is 0 Å². The number of ether oxygens (including phenoxy) is 1. The van der Waals surface area contributed by atoms with Gasteiger partial charge in [-0.15, -0.1) is 0 Å². The van der Waals surface area contributed by atoms with Crippen LogP contribution < -0.4 is 11.1 Å². The third-order valence-electron chi connectivity index (χ3n) is 3.48. The van der Waals surface area contributed by atoms with Crippen molar-refractivity contribution < 1.29 is 14.3 Å². The minimum atomic E-state index is -0.665. The number of nitrogen functional groups attached to an aromatic ring is 1. The lowest BCUT2D eigenvalue weighted by molar-refractivity contribution is -0.142. The number of amides is 1. The lowest BCUT2D eigenvalue weighted by Gasteiger charge is -2.17. The van der Waals surface area contributed by atoms with Gasteiger partial charge in [0.15, 0.2) is 0 Å². The van der Waals surface area contributed by atoms with Gasteiger partial charge < -0.3 is 15.8 Å². The molecule has 0 fully saturated rings. The zero-order valence-corrected chi connectivity index (χ0v) is 16.4. The fourth-order valence-electron chi connectivity index (χ4n) is 2.13. The number of hydrogen-bond donors (Lipinski definition) is 2. The van der Waals surface area contributed by atoms with Gasteiger partial charge in [-0.1, -0.05) is 32.9 Å². The van der Waals surface area contributed by atoms with Crippen LogP contribution >= 0.6 is 11.8 Å². The topological polar surface area (TPSA) is 81.4 Å². The molecule has 0 saturated heterocycles. The molecule has 0 aliphatic rings. The predicted molar refractivity (Wildman–Crippen MR) is 106 cm³/mol. The number of nitrogens with one attached hydrogen (secondary N) is 1. The zero-order valence-electron chi connectivity index (χ0n) is 15.6. The molecule has 1 amide bonds.